The zero-order valence-electron chi connectivity index (χ0n) is 8.54. The van der Waals surface area contributed by atoms with Gasteiger partial charge >= 0.3 is 0 Å². The molecule has 0 atom stereocenters. The first-order valence-electron chi connectivity index (χ1n) is 4.52. The van der Waals surface area contributed by atoms with Crippen LogP contribution in [0.4, 0.5) is 0 Å². The van der Waals surface area contributed by atoms with Gasteiger partial charge < -0.3 is 4.74 Å². The molecule has 1 rings (SSSR count). The Hall–Kier alpha value is -1.16. The van der Waals surface area contributed by atoms with Gasteiger partial charge in [0.25, 0.3) is 0 Å². The Labute approximate surface area is 96.6 Å². The molecule has 0 aliphatic rings. The maximum atomic E-state index is 11.3. The third-order valence-corrected chi connectivity index (χ3v) is 2.51. The lowest BCUT2D eigenvalue weighted by atomic mass is 10.1. The Balaban J connectivity index is 3.30. The van der Waals surface area contributed by atoms with Gasteiger partial charge in [-0.05, 0) is 41.9 Å². The summed E-state index contributed by atoms with van der Waals surface area (Å²) in [4.78, 5) is 22.1. The van der Waals surface area contributed by atoms with Crippen LogP contribution in [0.3, 0.4) is 0 Å². The van der Waals surface area contributed by atoms with Gasteiger partial charge in [0.15, 0.2) is 12.1 Å². The highest BCUT2D eigenvalue weighted by atomic mass is 79.9. The van der Waals surface area contributed by atoms with Crippen LogP contribution in [0.15, 0.2) is 16.6 Å². The molecular weight excluding hydrogens is 260 g/mol. The van der Waals surface area contributed by atoms with Crippen molar-refractivity contribution in [2.75, 3.05) is 6.61 Å². The third kappa shape index (κ3) is 2.65. The minimum atomic E-state index is -0.146. The molecule has 0 bridgehead atoms. The maximum Gasteiger partial charge on any atom is 0.161 e. The second-order valence-corrected chi connectivity index (χ2v) is 3.83. The van der Waals surface area contributed by atoms with E-state index in [1.807, 2.05) is 6.92 Å². The maximum absolute atomic E-state index is 11.3. The van der Waals surface area contributed by atoms with Crippen molar-refractivity contribution in [3.8, 4) is 5.75 Å². The number of halogens is 1. The smallest absolute Gasteiger partial charge is 0.161 e. The van der Waals surface area contributed by atoms with Crippen molar-refractivity contribution in [2.24, 2.45) is 0 Å². The molecule has 0 aliphatic carbocycles. The van der Waals surface area contributed by atoms with Gasteiger partial charge in [-0.2, -0.15) is 0 Å². The van der Waals surface area contributed by atoms with E-state index in [4.69, 9.17) is 4.74 Å². The summed E-state index contributed by atoms with van der Waals surface area (Å²) < 4.78 is 5.85. The van der Waals surface area contributed by atoms with E-state index in [1.54, 1.807) is 12.1 Å². The minimum absolute atomic E-state index is 0.146. The molecule has 0 N–H and O–H groups in total. The summed E-state index contributed by atoms with van der Waals surface area (Å²) in [5.74, 6) is 0.434. The number of rotatable bonds is 4. The van der Waals surface area contributed by atoms with E-state index in [0.717, 1.165) is 0 Å². The topological polar surface area (TPSA) is 43.4 Å². The summed E-state index contributed by atoms with van der Waals surface area (Å²) in [6, 6.07) is 3.26. The molecule has 0 aliphatic heterocycles. The number of ether oxygens (including phenoxy) is 1. The summed E-state index contributed by atoms with van der Waals surface area (Å²) in [6.45, 7) is 3.80. The molecule has 1 aromatic rings. The average Bonchev–Trinajstić information content (AvgIpc) is 2.16. The highest BCUT2D eigenvalue weighted by molar-refractivity contribution is 9.10. The second-order valence-electron chi connectivity index (χ2n) is 2.98. The van der Waals surface area contributed by atoms with Gasteiger partial charge in [0.05, 0.1) is 6.61 Å². The number of carbonyl (C=O) groups is 2. The zero-order valence-corrected chi connectivity index (χ0v) is 10.1. The minimum Gasteiger partial charge on any atom is -0.494 e. The predicted octanol–water partition coefficient (Wildman–Crippen LogP) is 2.86. The number of aldehydes is 1. The van der Waals surface area contributed by atoms with E-state index in [2.05, 4.69) is 15.9 Å². The van der Waals surface area contributed by atoms with Crippen molar-refractivity contribution in [1.82, 2.24) is 0 Å². The van der Waals surface area contributed by atoms with Crippen LogP contribution in [-0.4, -0.2) is 18.7 Å². The van der Waals surface area contributed by atoms with Crippen LogP contribution in [0.2, 0.25) is 0 Å². The number of carbonyl (C=O) groups excluding carboxylic acids is 2. The second kappa shape index (κ2) is 5.07. The standard InChI is InChI=1S/C11H11BrO3/c1-3-15-9-4-8(6-13)11(7(2)14)10(12)5-9/h4-6H,3H2,1-2H3. The first kappa shape index (κ1) is 11.9. The van der Waals surface area contributed by atoms with Crippen LogP contribution in [0.5, 0.6) is 5.75 Å². The lowest BCUT2D eigenvalue weighted by molar-refractivity contribution is 0.100. The zero-order chi connectivity index (χ0) is 11.4. The normalized spacial score (nSPS) is 9.80. The van der Waals surface area contributed by atoms with Gasteiger partial charge in [-0.25, -0.2) is 0 Å². The Morgan fingerprint density at radius 3 is 2.67 bits per heavy atom. The number of hydrogen-bond acceptors (Lipinski definition) is 3. The highest BCUT2D eigenvalue weighted by Gasteiger charge is 2.13. The lowest BCUT2D eigenvalue weighted by Crippen LogP contribution is -2.02. The molecule has 0 saturated heterocycles. The molecule has 0 aromatic heterocycles. The van der Waals surface area contributed by atoms with Crippen LogP contribution in [0.25, 0.3) is 0 Å². The van der Waals surface area contributed by atoms with Gasteiger partial charge in [0.1, 0.15) is 5.75 Å². The molecule has 3 nitrogen and oxygen atoms in total. The van der Waals surface area contributed by atoms with Crippen LogP contribution in [-0.2, 0) is 0 Å². The molecule has 0 amide bonds. The monoisotopic (exact) mass is 270 g/mol. The first-order valence-corrected chi connectivity index (χ1v) is 5.32. The Bertz CT molecular complexity index is 399. The number of Topliss-reactive ketones (excluding diaryl/α,β-unsaturated/α-hetero) is 1. The summed E-state index contributed by atoms with van der Waals surface area (Å²) >= 11 is 3.25. The van der Waals surface area contributed by atoms with Gasteiger partial charge in [0.2, 0.25) is 0 Å². The van der Waals surface area contributed by atoms with Crippen LogP contribution in [0, 0.1) is 0 Å². The highest BCUT2D eigenvalue weighted by Crippen LogP contribution is 2.26. The summed E-state index contributed by atoms with van der Waals surface area (Å²) in [5.41, 5.74) is 0.744. The fourth-order valence-electron chi connectivity index (χ4n) is 1.32. The molecule has 0 heterocycles. The fraction of sp³-hybridized carbons (Fsp3) is 0.273. The largest absolute Gasteiger partial charge is 0.494 e. The van der Waals surface area contributed by atoms with Gasteiger partial charge in [-0.1, -0.05) is 0 Å². The van der Waals surface area contributed by atoms with Crippen LogP contribution in [0.1, 0.15) is 34.6 Å². The van der Waals surface area contributed by atoms with E-state index in [0.29, 0.717) is 34.2 Å². The molecule has 0 unspecified atom stereocenters. The number of ketones is 1. The SMILES string of the molecule is CCOc1cc(Br)c(C(C)=O)c(C=O)c1. The summed E-state index contributed by atoms with van der Waals surface area (Å²) in [5, 5.41) is 0. The lowest BCUT2D eigenvalue weighted by Gasteiger charge is -2.08. The Morgan fingerprint density at radius 2 is 2.20 bits per heavy atom. The molecule has 0 saturated carbocycles. The fourth-order valence-corrected chi connectivity index (χ4v) is 2.05. The van der Waals surface area contributed by atoms with Gasteiger partial charge in [-0.15, -0.1) is 0 Å². The van der Waals surface area contributed by atoms with Gasteiger partial charge in [0, 0.05) is 15.6 Å². The van der Waals surface area contributed by atoms with Crippen molar-refractivity contribution >= 4 is 28.0 Å². The summed E-state index contributed by atoms with van der Waals surface area (Å²) in [6.07, 6.45) is 0.657. The van der Waals surface area contributed by atoms with E-state index in [1.165, 1.54) is 6.92 Å². The molecule has 0 spiro atoms. The molecule has 4 heteroatoms. The van der Waals surface area contributed by atoms with E-state index in [9.17, 15) is 9.59 Å². The van der Waals surface area contributed by atoms with Crippen molar-refractivity contribution < 1.29 is 14.3 Å². The van der Waals surface area contributed by atoms with E-state index in [-0.39, 0.29) is 5.78 Å². The van der Waals surface area contributed by atoms with Crippen molar-refractivity contribution in [2.45, 2.75) is 13.8 Å². The molecule has 0 fully saturated rings. The number of hydrogen-bond donors (Lipinski definition) is 0. The van der Waals surface area contributed by atoms with Crippen molar-refractivity contribution in [3.05, 3.63) is 27.7 Å². The van der Waals surface area contributed by atoms with Crippen molar-refractivity contribution in [1.29, 1.82) is 0 Å². The molecular formula is C11H11BrO3. The molecule has 80 valence electrons. The number of benzene rings is 1. The van der Waals surface area contributed by atoms with Crippen LogP contribution >= 0.6 is 15.9 Å². The molecule has 0 radical (unpaired) electrons. The Kier molecular flexibility index (Phi) is 4.03. The van der Waals surface area contributed by atoms with Gasteiger partial charge in [-0.3, -0.25) is 9.59 Å². The third-order valence-electron chi connectivity index (χ3n) is 1.88. The first-order chi connectivity index (χ1) is 7.10. The average molecular weight is 271 g/mol. The summed E-state index contributed by atoms with van der Waals surface area (Å²) in [7, 11) is 0. The molecule has 1 aromatic carbocycles. The van der Waals surface area contributed by atoms with E-state index >= 15 is 0 Å². The quantitative estimate of drug-likeness (QED) is 0.624. The molecule has 15 heavy (non-hydrogen) atoms. The predicted molar refractivity (Wildman–Crippen MR) is 60.7 cm³/mol. The van der Waals surface area contributed by atoms with Crippen molar-refractivity contribution in [3.63, 3.8) is 0 Å². The van der Waals surface area contributed by atoms with Crippen LogP contribution < -0.4 is 4.74 Å². The van der Waals surface area contributed by atoms with E-state index < -0.39 is 0 Å². The Morgan fingerprint density at radius 1 is 1.53 bits per heavy atom.